The average molecular weight is 273 g/mol. The van der Waals surface area contributed by atoms with Crippen molar-refractivity contribution >= 4 is 5.91 Å². The summed E-state index contributed by atoms with van der Waals surface area (Å²) < 4.78 is 41.4. The molecule has 1 aromatic rings. The van der Waals surface area contributed by atoms with E-state index in [-0.39, 0.29) is 12.5 Å². The minimum Gasteiger partial charge on any atom is -0.497 e. The summed E-state index contributed by atoms with van der Waals surface area (Å²) in [6, 6.07) is 5.57. The number of carbonyl (C=O) groups excluding carboxylic acids is 1. The fraction of sp³-hybridized carbons (Fsp3) is 0.462. The lowest BCUT2D eigenvalue weighted by atomic mass is 10.0. The van der Waals surface area contributed by atoms with Crippen LogP contribution in [0.25, 0.3) is 0 Å². The lowest BCUT2D eigenvalue weighted by Gasteiger charge is -2.14. The van der Waals surface area contributed by atoms with Gasteiger partial charge in [0.25, 0.3) is 0 Å². The van der Waals surface area contributed by atoms with Gasteiger partial charge >= 0.3 is 12.1 Å². The average Bonchev–Trinajstić information content (AvgIpc) is 2.76. The fourth-order valence-electron chi connectivity index (χ4n) is 2.32. The Morgan fingerprint density at radius 3 is 2.84 bits per heavy atom. The van der Waals surface area contributed by atoms with Gasteiger partial charge in [-0.05, 0) is 36.1 Å². The zero-order chi connectivity index (χ0) is 14.0. The quantitative estimate of drug-likeness (QED) is 0.918. The Balaban J connectivity index is 2.04. The molecule has 1 amide bonds. The molecule has 1 aliphatic rings. The lowest BCUT2D eigenvalue weighted by Crippen LogP contribution is -2.38. The van der Waals surface area contributed by atoms with Gasteiger partial charge in [0.1, 0.15) is 5.75 Å². The van der Waals surface area contributed by atoms with Crippen molar-refractivity contribution in [3.8, 4) is 5.75 Å². The van der Waals surface area contributed by atoms with E-state index in [9.17, 15) is 18.0 Å². The summed E-state index contributed by atoms with van der Waals surface area (Å²) >= 11 is 0. The van der Waals surface area contributed by atoms with E-state index in [4.69, 9.17) is 4.74 Å². The molecule has 0 radical (unpaired) electrons. The highest BCUT2D eigenvalue weighted by Gasteiger charge is 2.39. The number of halogens is 3. The van der Waals surface area contributed by atoms with Gasteiger partial charge in [0.05, 0.1) is 7.11 Å². The molecule has 2 rings (SSSR count). The number of benzene rings is 1. The van der Waals surface area contributed by atoms with Crippen molar-refractivity contribution in [1.82, 2.24) is 5.32 Å². The van der Waals surface area contributed by atoms with Crippen LogP contribution >= 0.6 is 0 Å². The Labute approximate surface area is 108 Å². The molecular formula is C13H14F3NO2. The molecule has 3 nitrogen and oxygen atoms in total. The first-order valence-electron chi connectivity index (χ1n) is 5.93. The van der Waals surface area contributed by atoms with Gasteiger partial charge < -0.3 is 10.1 Å². The highest BCUT2D eigenvalue weighted by molar-refractivity contribution is 5.81. The second-order valence-corrected chi connectivity index (χ2v) is 4.51. The van der Waals surface area contributed by atoms with Gasteiger partial charge in [-0.15, -0.1) is 0 Å². The van der Waals surface area contributed by atoms with E-state index >= 15 is 0 Å². The van der Waals surface area contributed by atoms with Gasteiger partial charge in [-0.2, -0.15) is 13.2 Å². The first-order chi connectivity index (χ1) is 8.91. The third-order valence-electron chi connectivity index (χ3n) is 3.32. The number of fused-ring (bicyclic) bond motifs is 1. The Kier molecular flexibility index (Phi) is 3.68. The highest BCUT2D eigenvalue weighted by atomic mass is 19.4. The molecule has 0 heterocycles. The van der Waals surface area contributed by atoms with Gasteiger partial charge in [0, 0.05) is 12.5 Å². The predicted octanol–water partition coefficient (Wildman–Crippen LogP) is 2.40. The van der Waals surface area contributed by atoms with Crippen molar-refractivity contribution in [2.24, 2.45) is 0 Å². The number of carbonyl (C=O) groups is 1. The van der Waals surface area contributed by atoms with Crippen LogP contribution in [0.15, 0.2) is 18.2 Å². The normalized spacial score (nSPS) is 18.0. The molecule has 1 atom stereocenters. The van der Waals surface area contributed by atoms with Crippen LogP contribution in [0.4, 0.5) is 13.2 Å². The third kappa shape index (κ3) is 3.00. The van der Waals surface area contributed by atoms with Crippen molar-refractivity contribution in [2.45, 2.75) is 24.9 Å². The number of hydrogen-bond donors (Lipinski definition) is 1. The smallest absolute Gasteiger partial charge is 0.471 e. The van der Waals surface area contributed by atoms with Gasteiger partial charge in [0.2, 0.25) is 0 Å². The Morgan fingerprint density at radius 2 is 2.21 bits per heavy atom. The molecule has 0 saturated carbocycles. The molecule has 1 aliphatic carbocycles. The van der Waals surface area contributed by atoms with Crippen LogP contribution in [0.1, 0.15) is 23.5 Å². The fourth-order valence-corrected chi connectivity index (χ4v) is 2.32. The predicted molar refractivity (Wildman–Crippen MR) is 63.1 cm³/mol. The monoisotopic (exact) mass is 273 g/mol. The summed E-state index contributed by atoms with van der Waals surface area (Å²) in [5.41, 5.74) is 2.06. The number of aryl methyl sites for hydroxylation is 1. The van der Waals surface area contributed by atoms with E-state index < -0.39 is 12.1 Å². The number of ether oxygens (including phenoxy) is 1. The lowest BCUT2D eigenvalue weighted by molar-refractivity contribution is -0.173. The topological polar surface area (TPSA) is 38.3 Å². The molecule has 0 spiro atoms. The van der Waals surface area contributed by atoms with Crippen LogP contribution < -0.4 is 10.1 Å². The van der Waals surface area contributed by atoms with E-state index in [2.05, 4.69) is 0 Å². The first kappa shape index (κ1) is 13.7. The molecule has 1 N–H and O–H groups in total. The second kappa shape index (κ2) is 5.11. The molecule has 6 heteroatoms. The second-order valence-electron chi connectivity index (χ2n) is 4.51. The standard InChI is InChI=1S/C13H14F3NO2/c1-19-10-5-4-8-2-3-9(11(8)6-10)7-17-12(18)13(14,15)16/h4-6,9H,2-3,7H2,1H3,(H,17,18). The molecule has 1 unspecified atom stereocenters. The van der Waals surface area contributed by atoms with E-state index in [1.165, 1.54) is 7.11 Å². The van der Waals surface area contributed by atoms with Gasteiger partial charge in [-0.25, -0.2) is 0 Å². The van der Waals surface area contributed by atoms with Crippen LogP contribution in [0, 0.1) is 0 Å². The maximum absolute atomic E-state index is 12.1. The minimum absolute atomic E-state index is 0.00148. The summed E-state index contributed by atoms with van der Waals surface area (Å²) in [7, 11) is 1.54. The van der Waals surface area contributed by atoms with E-state index in [0.29, 0.717) is 5.75 Å². The van der Waals surface area contributed by atoms with Crippen LogP contribution in [-0.2, 0) is 11.2 Å². The van der Waals surface area contributed by atoms with Crippen molar-refractivity contribution in [3.05, 3.63) is 29.3 Å². The molecular weight excluding hydrogens is 259 g/mol. The van der Waals surface area contributed by atoms with E-state index in [0.717, 1.165) is 24.0 Å². The molecule has 104 valence electrons. The van der Waals surface area contributed by atoms with Crippen molar-refractivity contribution in [3.63, 3.8) is 0 Å². The summed E-state index contributed by atoms with van der Waals surface area (Å²) in [5.74, 6) is -1.30. The number of nitrogens with one attached hydrogen (secondary N) is 1. The summed E-state index contributed by atoms with van der Waals surface area (Å²) in [4.78, 5) is 10.8. The summed E-state index contributed by atoms with van der Waals surface area (Å²) in [6.45, 7) is -0.00148. The van der Waals surface area contributed by atoms with Crippen LogP contribution in [0.5, 0.6) is 5.75 Å². The molecule has 19 heavy (non-hydrogen) atoms. The SMILES string of the molecule is COc1ccc2c(c1)C(CNC(=O)C(F)(F)F)CC2. The molecule has 0 aromatic heterocycles. The number of alkyl halides is 3. The zero-order valence-electron chi connectivity index (χ0n) is 10.4. The highest BCUT2D eigenvalue weighted by Crippen LogP contribution is 2.35. The minimum atomic E-state index is -4.82. The Bertz CT molecular complexity index is 485. The van der Waals surface area contributed by atoms with E-state index in [1.807, 2.05) is 23.5 Å². The summed E-state index contributed by atoms with van der Waals surface area (Å²) in [5, 5.41) is 1.94. The number of amides is 1. The van der Waals surface area contributed by atoms with Crippen LogP contribution in [-0.4, -0.2) is 25.7 Å². The van der Waals surface area contributed by atoms with Crippen molar-refractivity contribution in [2.75, 3.05) is 13.7 Å². The maximum Gasteiger partial charge on any atom is 0.471 e. The molecule has 1 aromatic carbocycles. The number of methoxy groups -OCH3 is 1. The van der Waals surface area contributed by atoms with Gasteiger partial charge in [0.15, 0.2) is 0 Å². The number of rotatable bonds is 3. The van der Waals surface area contributed by atoms with Crippen molar-refractivity contribution < 1.29 is 22.7 Å². The van der Waals surface area contributed by atoms with Crippen LogP contribution in [0.2, 0.25) is 0 Å². The van der Waals surface area contributed by atoms with Crippen LogP contribution in [0.3, 0.4) is 0 Å². The molecule has 0 fully saturated rings. The number of hydrogen-bond acceptors (Lipinski definition) is 2. The molecule has 0 aliphatic heterocycles. The summed E-state index contributed by atoms with van der Waals surface area (Å²) in [6.07, 6.45) is -3.28. The largest absolute Gasteiger partial charge is 0.497 e. The maximum atomic E-state index is 12.1. The molecule has 0 saturated heterocycles. The Morgan fingerprint density at radius 1 is 1.47 bits per heavy atom. The zero-order valence-corrected chi connectivity index (χ0v) is 10.4. The third-order valence-corrected chi connectivity index (χ3v) is 3.32. The molecule has 0 bridgehead atoms. The Hall–Kier alpha value is -1.72. The van der Waals surface area contributed by atoms with Gasteiger partial charge in [-0.3, -0.25) is 4.79 Å². The van der Waals surface area contributed by atoms with Gasteiger partial charge in [-0.1, -0.05) is 6.07 Å². The van der Waals surface area contributed by atoms with Crippen molar-refractivity contribution in [1.29, 1.82) is 0 Å². The van der Waals surface area contributed by atoms with E-state index in [1.54, 1.807) is 0 Å². The first-order valence-corrected chi connectivity index (χ1v) is 5.93.